The molecule has 1 fully saturated rings. The molecule has 0 spiro atoms. The molecule has 0 amide bonds. The Hall–Kier alpha value is -0.620. The van der Waals surface area contributed by atoms with Gasteiger partial charge in [-0.2, -0.15) is 0 Å². The molecule has 8 heteroatoms. The minimum Gasteiger partial charge on any atom is -0.434 e. The molecule has 1 aliphatic carbocycles. The van der Waals surface area contributed by atoms with Crippen molar-refractivity contribution in [3.63, 3.8) is 0 Å². The molecule has 2 atom stereocenters. The number of carbonyl (C=O) groups excluding carboxylic acids is 1. The second kappa shape index (κ2) is 6.52. The number of hydrogen-bond acceptors (Lipinski definition) is 5. The highest BCUT2D eigenvalue weighted by molar-refractivity contribution is 7.46. The molecule has 0 aliphatic heterocycles. The lowest BCUT2D eigenvalue weighted by atomic mass is 10.2. The Balaban J connectivity index is 2.40. The zero-order valence-corrected chi connectivity index (χ0v) is 11.3. The van der Waals surface area contributed by atoms with Crippen molar-refractivity contribution in [1.29, 1.82) is 0 Å². The van der Waals surface area contributed by atoms with Crippen LogP contribution in [-0.2, 0) is 18.6 Å². The summed E-state index contributed by atoms with van der Waals surface area (Å²) in [7, 11) is -4.56. The van der Waals surface area contributed by atoms with Crippen molar-refractivity contribution >= 4 is 14.0 Å². The van der Waals surface area contributed by atoms with Crippen LogP contribution in [0.15, 0.2) is 0 Å². The smallest absolute Gasteiger partial charge is 0.434 e. The first-order valence-electron chi connectivity index (χ1n) is 5.85. The van der Waals surface area contributed by atoms with Crippen molar-refractivity contribution in [3.8, 4) is 0 Å². The van der Waals surface area contributed by atoms with E-state index in [9.17, 15) is 9.36 Å². The third kappa shape index (κ3) is 5.82. The molecule has 0 saturated heterocycles. The lowest BCUT2D eigenvalue weighted by molar-refractivity contribution is -0.0207. The Bertz CT molecular complexity index is 324. The van der Waals surface area contributed by atoms with Gasteiger partial charge in [-0.15, -0.1) is 0 Å². The van der Waals surface area contributed by atoms with Gasteiger partial charge >= 0.3 is 14.0 Å². The summed E-state index contributed by atoms with van der Waals surface area (Å²) in [5.41, 5.74) is 0. The van der Waals surface area contributed by atoms with E-state index in [0.717, 1.165) is 0 Å². The van der Waals surface area contributed by atoms with Gasteiger partial charge in [-0.05, 0) is 25.2 Å². The Morgan fingerprint density at radius 2 is 1.94 bits per heavy atom. The number of phosphoric acid groups is 1. The van der Waals surface area contributed by atoms with Gasteiger partial charge in [-0.3, -0.25) is 4.52 Å². The molecule has 1 aliphatic rings. The number of rotatable bonds is 5. The van der Waals surface area contributed by atoms with E-state index in [0.29, 0.717) is 19.3 Å². The molecule has 0 aromatic rings. The van der Waals surface area contributed by atoms with Gasteiger partial charge in [0.25, 0.3) is 0 Å². The van der Waals surface area contributed by atoms with Crippen LogP contribution in [0.3, 0.4) is 0 Å². The number of carbonyl (C=O) groups is 1. The van der Waals surface area contributed by atoms with Gasteiger partial charge in [0.15, 0.2) is 0 Å². The van der Waals surface area contributed by atoms with Gasteiger partial charge in [0.1, 0.15) is 12.2 Å². The van der Waals surface area contributed by atoms with E-state index in [1.165, 1.54) is 0 Å². The van der Waals surface area contributed by atoms with Crippen LogP contribution in [0.5, 0.6) is 0 Å². The molecule has 2 N–H and O–H groups in total. The number of hydrogen-bond donors (Lipinski definition) is 2. The van der Waals surface area contributed by atoms with E-state index in [4.69, 9.17) is 19.3 Å². The molecule has 0 unspecified atom stereocenters. The zero-order valence-electron chi connectivity index (χ0n) is 10.4. The summed E-state index contributed by atoms with van der Waals surface area (Å²) in [6.45, 7) is 4.03. The second-order valence-electron chi connectivity index (χ2n) is 4.68. The Kier molecular flexibility index (Phi) is 5.59. The highest BCUT2D eigenvalue weighted by atomic mass is 31.2. The van der Waals surface area contributed by atoms with Crippen molar-refractivity contribution in [2.24, 2.45) is 5.92 Å². The van der Waals surface area contributed by atoms with Gasteiger partial charge in [0, 0.05) is 0 Å². The quantitative estimate of drug-likeness (QED) is 0.585. The summed E-state index contributed by atoms with van der Waals surface area (Å²) in [6, 6.07) is 0. The SMILES string of the molecule is CC(C)COC(=O)O[C@H]1CCC[C@@H]1OP(=O)(O)O. The second-order valence-corrected chi connectivity index (χ2v) is 5.87. The lowest BCUT2D eigenvalue weighted by Gasteiger charge is -2.20. The van der Waals surface area contributed by atoms with Gasteiger partial charge in [0.05, 0.1) is 6.61 Å². The fourth-order valence-corrected chi connectivity index (χ4v) is 2.31. The van der Waals surface area contributed by atoms with E-state index in [1.54, 1.807) is 0 Å². The molecule has 18 heavy (non-hydrogen) atoms. The van der Waals surface area contributed by atoms with Crippen LogP contribution in [0, 0.1) is 5.92 Å². The summed E-state index contributed by atoms with van der Waals surface area (Å²) in [4.78, 5) is 28.8. The first-order chi connectivity index (χ1) is 8.28. The average molecular weight is 282 g/mol. The lowest BCUT2D eigenvalue weighted by Crippen LogP contribution is -2.28. The van der Waals surface area contributed by atoms with Crippen molar-refractivity contribution < 1.29 is 33.1 Å². The predicted octanol–water partition coefficient (Wildman–Crippen LogP) is 1.83. The molecular formula is C10H19O7P. The molecule has 0 heterocycles. The molecule has 0 aromatic carbocycles. The standard InChI is InChI=1S/C10H19O7P/c1-7(2)6-15-10(11)16-8-4-3-5-9(8)17-18(12,13)14/h7-9H,3-6H2,1-2H3,(H2,12,13,14)/t8-,9-/m0/s1. The van der Waals surface area contributed by atoms with Crippen molar-refractivity contribution in [2.45, 2.75) is 45.3 Å². The molecule has 1 rings (SSSR count). The molecule has 106 valence electrons. The van der Waals surface area contributed by atoms with Crippen molar-refractivity contribution in [2.75, 3.05) is 6.61 Å². The van der Waals surface area contributed by atoms with Crippen LogP contribution in [0.2, 0.25) is 0 Å². The maximum Gasteiger partial charge on any atom is 0.508 e. The Labute approximate surface area is 106 Å². The largest absolute Gasteiger partial charge is 0.508 e. The van der Waals surface area contributed by atoms with E-state index < -0.39 is 26.2 Å². The molecule has 1 saturated carbocycles. The summed E-state index contributed by atoms with van der Waals surface area (Å²) in [5, 5.41) is 0. The van der Waals surface area contributed by atoms with Crippen LogP contribution >= 0.6 is 7.82 Å². The van der Waals surface area contributed by atoms with Crippen molar-refractivity contribution in [3.05, 3.63) is 0 Å². The molecular weight excluding hydrogens is 263 g/mol. The van der Waals surface area contributed by atoms with Gasteiger partial charge in [0.2, 0.25) is 0 Å². The third-order valence-electron chi connectivity index (χ3n) is 2.45. The maximum absolute atomic E-state index is 11.3. The summed E-state index contributed by atoms with van der Waals surface area (Å²) >= 11 is 0. The van der Waals surface area contributed by atoms with Gasteiger partial charge in [-0.1, -0.05) is 13.8 Å². The highest BCUT2D eigenvalue weighted by Gasteiger charge is 2.36. The maximum atomic E-state index is 11.3. The fraction of sp³-hybridized carbons (Fsp3) is 0.900. The highest BCUT2D eigenvalue weighted by Crippen LogP contribution is 2.42. The fourth-order valence-electron chi connectivity index (χ4n) is 1.72. The molecule has 7 nitrogen and oxygen atoms in total. The van der Waals surface area contributed by atoms with Crippen LogP contribution in [0.1, 0.15) is 33.1 Å². The summed E-state index contributed by atoms with van der Waals surface area (Å²) in [6.07, 6.45) is -0.591. The molecule has 0 bridgehead atoms. The average Bonchev–Trinajstić information content (AvgIpc) is 2.60. The normalized spacial score (nSPS) is 24.3. The first kappa shape index (κ1) is 15.4. The van der Waals surface area contributed by atoms with Gasteiger partial charge in [-0.25, -0.2) is 9.36 Å². The summed E-state index contributed by atoms with van der Waals surface area (Å²) < 4.78 is 25.1. The van der Waals surface area contributed by atoms with E-state index in [2.05, 4.69) is 4.52 Å². The van der Waals surface area contributed by atoms with E-state index in [-0.39, 0.29) is 12.5 Å². The van der Waals surface area contributed by atoms with Crippen LogP contribution in [0.25, 0.3) is 0 Å². The predicted molar refractivity (Wildman–Crippen MR) is 61.8 cm³/mol. The number of phosphoric ester groups is 1. The summed E-state index contributed by atoms with van der Waals surface area (Å²) in [5.74, 6) is 0.197. The van der Waals surface area contributed by atoms with Crippen molar-refractivity contribution in [1.82, 2.24) is 0 Å². The van der Waals surface area contributed by atoms with Gasteiger partial charge < -0.3 is 19.3 Å². The Morgan fingerprint density at radius 1 is 1.33 bits per heavy atom. The van der Waals surface area contributed by atoms with Crippen LogP contribution in [0.4, 0.5) is 4.79 Å². The van der Waals surface area contributed by atoms with E-state index >= 15 is 0 Å². The third-order valence-corrected chi connectivity index (χ3v) is 2.99. The van der Waals surface area contributed by atoms with Crippen LogP contribution < -0.4 is 0 Å². The zero-order chi connectivity index (χ0) is 13.8. The monoisotopic (exact) mass is 282 g/mol. The minimum absolute atomic E-state index is 0.197. The molecule has 0 aromatic heterocycles. The Morgan fingerprint density at radius 3 is 2.50 bits per heavy atom. The van der Waals surface area contributed by atoms with Crippen LogP contribution in [-0.4, -0.2) is 34.8 Å². The molecule has 0 radical (unpaired) electrons. The first-order valence-corrected chi connectivity index (χ1v) is 7.38. The van der Waals surface area contributed by atoms with E-state index in [1.807, 2.05) is 13.8 Å². The number of ether oxygens (including phenoxy) is 2. The minimum atomic E-state index is -4.56. The topological polar surface area (TPSA) is 102 Å².